The molecule has 0 aliphatic rings. The molecule has 2 aromatic rings. The zero-order valence-corrected chi connectivity index (χ0v) is 11.7. The van der Waals surface area contributed by atoms with Crippen molar-refractivity contribution in [1.82, 2.24) is 15.0 Å². The Bertz CT molecular complexity index is 713. The monoisotopic (exact) mass is 310 g/mol. The number of nitro benzene ring substituents is 1. The van der Waals surface area contributed by atoms with E-state index in [9.17, 15) is 14.9 Å². The Balaban J connectivity index is 2.56. The van der Waals surface area contributed by atoms with E-state index in [4.69, 9.17) is 16.7 Å². The number of non-ortho nitro benzene ring substituents is 1. The molecule has 0 radical (unpaired) electrons. The van der Waals surface area contributed by atoms with E-state index in [0.717, 1.165) is 0 Å². The lowest BCUT2D eigenvalue weighted by atomic mass is 10.2. The predicted octanol–water partition coefficient (Wildman–Crippen LogP) is 2.48. The Labute approximate surface area is 124 Å². The third-order valence-electron chi connectivity index (χ3n) is 2.82. The van der Waals surface area contributed by atoms with Gasteiger partial charge in [0.1, 0.15) is 0 Å². The zero-order valence-electron chi connectivity index (χ0n) is 11.0. The number of nitrogens with zero attached hydrogens (tertiary/aromatic N) is 4. The van der Waals surface area contributed by atoms with E-state index in [1.54, 1.807) is 0 Å². The number of hydrogen-bond donors (Lipinski definition) is 1. The van der Waals surface area contributed by atoms with Crippen LogP contribution in [0.25, 0.3) is 5.69 Å². The summed E-state index contributed by atoms with van der Waals surface area (Å²) >= 11 is 6.03. The van der Waals surface area contributed by atoms with Gasteiger partial charge in [-0.1, -0.05) is 30.2 Å². The van der Waals surface area contributed by atoms with Crippen molar-refractivity contribution in [2.45, 2.75) is 19.8 Å². The summed E-state index contributed by atoms with van der Waals surface area (Å²) < 4.78 is 1.30. The number of carbonyl (C=O) groups is 1. The van der Waals surface area contributed by atoms with Gasteiger partial charge in [-0.05, 0) is 12.5 Å². The van der Waals surface area contributed by atoms with Gasteiger partial charge < -0.3 is 5.11 Å². The summed E-state index contributed by atoms with van der Waals surface area (Å²) in [6, 6.07) is 3.88. The second kappa shape index (κ2) is 5.88. The molecule has 0 saturated carbocycles. The van der Waals surface area contributed by atoms with Crippen LogP contribution in [0, 0.1) is 10.1 Å². The maximum absolute atomic E-state index is 11.1. The molecule has 9 heteroatoms. The first-order valence-corrected chi connectivity index (χ1v) is 6.45. The molecule has 0 fully saturated rings. The number of rotatable bonds is 5. The van der Waals surface area contributed by atoms with Gasteiger partial charge in [0.2, 0.25) is 0 Å². The van der Waals surface area contributed by atoms with Gasteiger partial charge in [-0.2, -0.15) is 0 Å². The third-order valence-corrected chi connectivity index (χ3v) is 3.13. The summed E-state index contributed by atoms with van der Waals surface area (Å²) in [4.78, 5) is 21.3. The van der Waals surface area contributed by atoms with E-state index in [0.29, 0.717) is 24.2 Å². The standard InChI is InChI=1S/C12H11ClN4O4/c1-2-3-10-11(12(18)19)14-15-16(10)9-5-4-7(17(20)21)6-8(9)13/h4-6H,2-3H2,1H3,(H,18,19). The third kappa shape index (κ3) is 2.84. The highest BCUT2D eigenvalue weighted by Crippen LogP contribution is 2.27. The summed E-state index contributed by atoms with van der Waals surface area (Å²) in [5.74, 6) is -1.18. The molecule has 0 spiro atoms. The van der Waals surface area contributed by atoms with Crippen LogP contribution in [-0.4, -0.2) is 31.0 Å². The Hall–Kier alpha value is -2.48. The van der Waals surface area contributed by atoms with E-state index in [-0.39, 0.29) is 16.4 Å². The van der Waals surface area contributed by atoms with Crippen molar-refractivity contribution in [3.63, 3.8) is 0 Å². The van der Waals surface area contributed by atoms with Crippen LogP contribution in [0.15, 0.2) is 18.2 Å². The van der Waals surface area contributed by atoms with Crippen molar-refractivity contribution in [3.8, 4) is 5.69 Å². The average molecular weight is 311 g/mol. The highest BCUT2D eigenvalue weighted by molar-refractivity contribution is 6.32. The molecule has 0 atom stereocenters. The molecule has 0 unspecified atom stereocenters. The molecule has 21 heavy (non-hydrogen) atoms. The largest absolute Gasteiger partial charge is 0.476 e. The van der Waals surface area contributed by atoms with E-state index >= 15 is 0 Å². The summed E-state index contributed by atoms with van der Waals surface area (Å²) in [6.45, 7) is 1.89. The molecule has 0 aliphatic carbocycles. The highest BCUT2D eigenvalue weighted by atomic mass is 35.5. The van der Waals surface area contributed by atoms with Crippen molar-refractivity contribution in [2.24, 2.45) is 0 Å². The molecular weight excluding hydrogens is 300 g/mol. The summed E-state index contributed by atoms with van der Waals surface area (Å²) in [5.41, 5.74) is 0.456. The number of nitro groups is 1. The van der Waals surface area contributed by atoms with Crippen LogP contribution in [0.2, 0.25) is 5.02 Å². The first-order chi connectivity index (χ1) is 9.95. The second-order valence-electron chi connectivity index (χ2n) is 4.24. The zero-order chi connectivity index (χ0) is 15.6. The highest BCUT2D eigenvalue weighted by Gasteiger charge is 2.21. The van der Waals surface area contributed by atoms with Crippen molar-refractivity contribution in [3.05, 3.63) is 44.7 Å². The van der Waals surface area contributed by atoms with Crippen LogP contribution in [0.4, 0.5) is 5.69 Å². The van der Waals surface area contributed by atoms with Crippen molar-refractivity contribution < 1.29 is 14.8 Å². The van der Waals surface area contributed by atoms with Crippen LogP contribution in [0.3, 0.4) is 0 Å². The number of aromatic nitrogens is 3. The van der Waals surface area contributed by atoms with Crippen molar-refractivity contribution >= 4 is 23.3 Å². The molecular formula is C12H11ClN4O4. The van der Waals surface area contributed by atoms with Crippen molar-refractivity contribution in [1.29, 1.82) is 0 Å². The maximum Gasteiger partial charge on any atom is 0.358 e. The molecule has 110 valence electrons. The molecule has 8 nitrogen and oxygen atoms in total. The van der Waals surface area contributed by atoms with Gasteiger partial charge in [-0.15, -0.1) is 5.10 Å². The van der Waals surface area contributed by atoms with Crippen molar-refractivity contribution in [2.75, 3.05) is 0 Å². The van der Waals surface area contributed by atoms with Gasteiger partial charge in [0.25, 0.3) is 5.69 Å². The number of benzene rings is 1. The molecule has 0 aliphatic heterocycles. The molecule has 0 amide bonds. The van der Waals surface area contributed by atoms with Crippen LogP contribution in [0.5, 0.6) is 0 Å². The fraction of sp³-hybridized carbons (Fsp3) is 0.250. The van der Waals surface area contributed by atoms with Gasteiger partial charge in [0.15, 0.2) is 5.69 Å². The Morgan fingerprint density at radius 1 is 1.52 bits per heavy atom. The van der Waals surface area contributed by atoms with Crippen LogP contribution < -0.4 is 0 Å². The minimum absolute atomic E-state index is 0.100. The van der Waals surface area contributed by atoms with E-state index < -0.39 is 10.9 Å². The number of aromatic carboxylic acids is 1. The Morgan fingerprint density at radius 3 is 2.76 bits per heavy atom. The normalized spacial score (nSPS) is 10.6. The minimum Gasteiger partial charge on any atom is -0.476 e. The maximum atomic E-state index is 11.1. The number of carboxylic acid groups (broad SMARTS) is 1. The van der Waals surface area contributed by atoms with Gasteiger partial charge in [-0.3, -0.25) is 10.1 Å². The van der Waals surface area contributed by atoms with Gasteiger partial charge >= 0.3 is 5.97 Å². The molecule has 1 heterocycles. The van der Waals surface area contributed by atoms with Crippen LogP contribution in [-0.2, 0) is 6.42 Å². The smallest absolute Gasteiger partial charge is 0.358 e. The molecule has 1 aromatic heterocycles. The van der Waals surface area contributed by atoms with E-state index in [1.807, 2.05) is 6.92 Å². The molecule has 1 N–H and O–H groups in total. The van der Waals surface area contributed by atoms with E-state index in [1.165, 1.54) is 22.9 Å². The number of hydrogen-bond acceptors (Lipinski definition) is 5. The first kappa shape index (κ1) is 14.9. The van der Waals surface area contributed by atoms with Gasteiger partial charge in [0, 0.05) is 12.1 Å². The van der Waals surface area contributed by atoms with E-state index in [2.05, 4.69) is 10.3 Å². The van der Waals surface area contributed by atoms with Gasteiger partial charge in [0.05, 0.1) is 21.3 Å². The molecule has 0 bridgehead atoms. The molecule has 0 saturated heterocycles. The predicted molar refractivity (Wildman–Crippen MR) is 74.0 cm³/mol. The average Bonchev–Trinajstić information content (AvgIpc) is 2.82. The molecule has 1 aromatic carbocycles. The minimum atomic E-state index is -1.18. The lowest BCUT2D eigenvalue weighted by Crippen LogP contribution is -2.07. The topological polar surface area (TPSA) is 111 Å². The number of carboxylic acids is 1. The quantitative estimate of drug-likeness (QED) is 0.670. The van der Waals surface area contributed by atoms with Crippen LogP contribution >= 0.6 is 11.6 Å². The Kier molecular flexibility index (Phi) is 4.18. The molecule has 2 rings (SSSR count). The fourth-order valence-corrected chi connectivity index (χ4v) is 2.16. The Morgan fingerprint density at radius 2 is 2.24 bits per heavy atom. The summed E-state index contributed by atoms with van der Waals surface area (Å²) in [6.07, 6.45) is 1.14. The first-order valence-electron chi connectivity index (χ1n) is 6.07. The summed E-state index contributed by atoms with van der Waals surface area (Å²) in [5, 5.41) is 27.3. The summed E-state index contributed by atoms with van der Waals surface area (Å²) in [7, 11) is 0. The van der Waals surface area contributed by atoms with Crippen LogP contribution in [0.1, 0.15) is 29.5 Å². The fourth-order valence-electron chi connectivity index (χ4n) is 1.90. The lowest BCUT2D eigenvalue weighted by molar-refractivity contribution is -0.384. The second-order valence-corrected chi connectivity index (χ2v) is 4.65. The number of halogens is 1. The lowest BCUT2D eigenvalue weighted by Gasteiger charge is -2.07. The van der Waals surface area contributed by atoms with Gasteiger partial charge in [-0.25, -0.2) is 9.48 Å². The SMILES string of the molecule is CCCc1c(C(=O)O)nnn1-c1ccc([N+](=O)[O-])cc1Cl.